The Balaban J connectivity index is 1.36. The standard InChI is InChI=1S/C18H17N5O2/c1-12-3-2-4-15(9-12)20-18(24)23-10-14(11-23)17-21-16(22-25-17)13-5-7-19-8-6-13/h2-9,14H,10-11H2,1H3,(H,20,24). The van der Waals surface area contributed by atoms with E-state index in [9.17, 15) is 4.79 Å². The van der Waals surface area contributed by atoms with E-state index in [0.717, 1.165) is 16.8 Å². The van der Waals surface area contributed by atoms with Crippen LogP contribution in [0.4, 0.5) is 10.5 Å². The summed E-state index contributed by atoms with van der Waals surface area (Å²) < 4.78 is 5.35. The van der Waals surface area contributed by atoms with E-state index >= 15 is 0 Å². The molecule has 1 N–H and O–H groups in total. The molecular formula is C18H17N5O2. The Kier molecular flexibility index (Phi) is 3.89. The lowest BCUT2D eigenvalue weighted by atomic mass is 10.0. The number of carbonyl (C=O) groups excluding carboxylic acids is 1. The number of nitrogens with one attached hydrogen (secondary N) is 1. The van der Waals surface area contributed by atoms with Crippen LogP contribution in [0.5, 0.6) is 0 Å². The van der Waals surface area contributed by atoms with E-state index in [0.29, 0.717) is 24.8 Å². The molecule has 2 aromatic heterocycles. The molecule has 7 nitrogen and oxygen atoms in total. The first-order valence-corrected chi connectivity index (χ1v) is 8.05. The lowest BCUT2D eigenvalue weighted by molar-refractivity contribution is 0.147. The summed E-state index contributed by atoms with van der Waals surface area (Å²) in [5.74, 6) is 1.18. The molecule has 1 saturated heterocycles. The Morgan fingerprint density at radius 1 is 1.24 bits per heavy atom. The Bertz CT molecular complexity index is 887. The molecule has 0 bridgehead atoms. The Morgan fingerprint density at radius 3 is 2.80 bits per heavy atom. The third-order valence-corrected chi connectivity index (χ3v) is 4.17. The second kappa shape index (κ2) is 6.35. The Hall–Kier alpha value is -3.22. The number of aryl methyl sites for hydroxylation is 1. The first-order valence-electron chi connectivity index (χ1n) is 8.05. The van der Waals surface area contributed by atoms with Crippen LogP contribution in [0.2, 0.25) is 0 Å². The molecule has 0 atom stereocenters. The highest BCUT2D eigenvalue weighted by atomic mass is 16.5. The van der Waals surface area contributed by atoms with Crippen LogP contribution in [0.3, 0.4) is 0 Å². The lowest BCUT2D eigenvalue weighted by Crippen LogP contribution is -2.50. The molecular weight excluding hydrogens is 318 g/mol. The number of rotatable bonds is 3. The number of hydrogen-bond acceptors (Lipinski definition) is 5. The fourth-order valence-corrected chi connectivity index (χ4v) is 2.75. The monoisotopic (exact) mass is 335 g/mol. The number of benzene rings is 1. The minimum absolute atomic E-state index is 0.0753. The van der Waals surface area contributed by atoms with Crippen molar-refractivity contribution < 1.29 is 9.32 Å². The maximum Gasteiger partial charge on any atom is 0.321 e. The van der Waals surface area contributed by atoms with E-state index < -0.39 is 0 Å². The SMILES string of the molecule is Cc1cccc(NC(=O)N2CC(c3nc(-c4ccncc4)no3)C2)c1. The normalized spacial score (nSPS) is 14.2. The highest BCUT2D eigenvalue weighted by molar-refractivity contribution is 5.90. The van der Waals surface area contributed by atoms with Crippen molar-refractivity contribution in [3.63, 3.8) is 0 Å². The molecule has 1 aliphatic heterocycles. The first kappa shape index (κ1) is 15.3. The Labute approximate surface area is 144 Å². The fourth-order valence-electron chi connectivity index (χ4n) is 2.75. The number of hydrogen-bond donors (Lipinski definition) is 1. The van der Waals surface area contributed by atoms with E-state index in [2.05, 4.69) is 20.4 Å². The molecule has 0 saturated carbocycles. The van der Waals surface area contributed by atoms with Crippen molar-refractivity contribution in [3.05, 3.63) is 60.2 Å². The number of aromatic nitrogens is 3. The zero-order chi connectivity index (χ0) is 17.2. The molecule has 0 spiro atoms. The van der Waals surface area contributed by atoms with Crippen LogP contribution in [0, 0.1) is 6.92 Å². The van der Waals surface area contributed by atoms with Crippen molar-refractivity contribution in [2.45, 2.75) is 12.8 Å². The molecule has 0 unspecified atom stereocenters. The van der Waals surface area contributed by atoms with Crippen molar-refractivity contribution in [2.75, 3.05) is 18.4 Å². The number of carbonyl (C=O) groups is 1. The molecule has 0 radical (unpaired) electrons. The molecule has 7 heteroatoms. The minimum atomic E-state index is -0.115. The summed E-state index contributed by atoms with van der Waals surface area (Å²) in [5.41, 5.74) is 2.76. The average Bonchev–Trinajstić information content (AvgIpc) is 3.04. The summed E-state index contributed by atoms with van der Waals surface area (Å²) in [6.45, 7) is 3.12. The number of anilines is 1. The summed E-state index contributed by atoms with van der Waals surface area (Å²) in [6.07, 6.45) is 3.37. The summed E-state index contributed by atoms with van der Waals surface area (Å²) >= 11 is 0. The largest absolute Gasteiger partial charge is 0.339 e. The van der Waals surface area contributed by atoms with E-state index in [1.165, 1.54) is 0 Å². The van der Waals surface area contributed by atoms with Gasteiger partial charge in [-0.15, -0.1) is 0 Å². The predicted octanol–water partition coefficient (Wildman–Crippen LogP) is 3.07. The summed E-state index contributed by atoms with van der Waals surface area (Å²) in [4.78, 5) is 22.4. The average molecular weight is 335 g/mol. The van der Waals surface area contributed by atoms with Gasteiger partial charge in [0, 0.05) is 36.7 Å². The molecule has 1 fully saturated rings. The van der Waals surface area contributed by atoms with Gasteiger partial charge in [0.2, 0.25) is 11.7 Å². The van der Waals surface area contributed by atoms with Crippen molar-refractivity contribution >= 4 is 11.7 Å². The van der Waals surface area contributed by atoms with Crippen LogP contribution in [0.1, 0.15) is 17.4 Å². The maximum atomic E-state index is 12.3. The van der Waals surface area contributed by atoms with Crippen molar-refractivity contribution in [3.8, 4) is 11.4 Å². The first-order chi connectivity index (χ1) is 12.2. The zero-order valence-electron chi connectivity index (χ0n) is 13.7. The van der Waals surface area contributed by atoms with Gasteiger partial charge in [-0.05, 0) is 36.8 Å². The molecule has 3 aromatic rings. The number of pyridine rings is 1. The van der Waals surface area contributed by atoms with Crippen molar-refractivity contribution in [1.82, 2.24) is 20.0 Å². The third-order valence-electron chi connectivity index (χ3n) is 4.17. The lowest BCUT2D eigenvalue weighted by Gasteiger charge is -2.36. The second-order valence-electron chi connectivity index (χ2n) is 6.09. The van der Waals surface area contributed by atoms with Gasteiger partial charge in [-0.25, -0.2) is 4.79 Å². The van der Waals surface area contributed by atoms with Gasteiger partial charge < -0.3 is 14.7 Å². The number of amides is 2. The van der Waals surface area contributed by atoms with Crippen molar-refractivity contribution in [2.24, 2.45) is 0 Å². The van der Waals surface area contributed by atoms with Crippen LogP contribution in [-0.4, -0.2) is 39.1 Å². The molecule has 126 valence electrons. The van der Waals surface area contributed by atoms with Crippen LogP contribution in [0.15, 0.2) is 53.3 Å². The van der Waals surface area contributed by atoms with E-state index in [4.69, 9.17) is 4.52 Å². The van der Waals surface area contributed by atoms with Gasteiger partial charge in [-0.2, -0.15) is 4.98 Å². The number of urea groups is 1. The summed E-state index contributed by atoms with van der Waals surface area (Å²) in [6, 6.07) is 11.3. The molecule has 1 aromatic carbocycles. The van der Waals surface area contributed by atoms with Crippen LogP contribution < -0.4 is 5.32 Å². The fraction of sp³-hybridized carbons (Fsp3) is 0.222. The van der Waals surface area contributed by atoms with E-state index in [1.807, 2.05) is 43.3 Å². The van der Waals surface area contributed by atoms with Gasteiger partial charge in [0.1, 0.15) is 0 Å². The van der Waals surface area contributed by atoms with E-state index in [-0.39, 0.29) is 11.9 Å². The van der Waals surface area contributed by atoms with Crippen LogP contribution in [-0.2, 0) is 0 Å². The minimum Gasteiger partial charge on any atom is -0.339 e. The van der Waals surface area contributed by atoms with E-state index in [1.54, 1.807) is 17.3 Å². The van der Waals surface area contributed by atoms with Gasteiger partial charge in [-0.1, -0.05) is 17.3 Å². The highest BCUT2D eigenvalue weighted by Gasteiger charge is 2.35. The van der Waals surface area contributed by atoms with Crippen LogP contribution in [0.25, 0.3) is 11.4 Å². The Morgan fingerprint density at radius 2 is 2.04 bits per heavy atom. The smallest absolute Gasteiger partial charge is 0.321 e. The predicted molar refractivity (Wildman–Crippen MR) is 92.0 cm³/mol. The second-order valence-corrected chi connectivity index (χ2v) is 6.09. The molecule has 25 heavy (non-hydrogen) atoms. The summed E-state index contributed by atoms with van der Waals surface area (Å²) in [7, 11) is 0. The van der Waals surface area contributed by atoms with Crippen LogP contribution >= 0.6 is 0 Å². The number of nitrogens with zero attached hydrogens (tertiary/aromatic N) is 4. The van der Waals surface area contributed by atoms with Gasteiger partial charge in [-0.3, -0.25) is 4.98 Å². The van der Waals surface area contributed by atoms with Crippen molar-refractivity contribution in [1.29, 1.82) is 0 Å². The topological polar surface area (TPSA) is 84.2 Å². The molecule has 0 aliphatic carbocycles. The number of likely N-dealkylation sites (tertiary alicyclic amines) is 1. The maximum absolute atomic E-state index is 12.3. The van der Waals surface area contributed by atoms with Gasteiger partial charge in [0.05, 0.1) is 5.92 Å². The van der Waals surface area contributed by atoms with Gasteiger partial charge in [0.25, 0.3) is 0 Å². The third kappa shape index (κ3) is 3.21. The quantitative estimate of drug-likeness (QED) is 0.795. The molecule has 3 heterocycles. The molecule has 2 amide bonds. The summed E-state index contributed by atoms with van der Waals surface area (Å²) in [5, 5.41) is 6.90. The zero-order valence-corrected chi connectivity index (χ0v) is 13.7. The van der Waals surface area contributed by atoms with Gasteiger partial charge >= 0.3 is 6.03 Å². The van der Waals surface area contributed by atoms with Gasteiger partial charge in [0.15, 0.2) is 0 Å². The molecule has 1 aliphatic rings. The molecule has 4 rings (SSSR count). The highest BCUT2D eigenvalue weighted by Crippen LogP contribution is 2.28.